The Morgan fingerprint density at radius 3 is 2.80 bits per heavy atom. The molecular formula is C11H12BrNO2. The van der Waals surface area contributed by atoms with Crippen LogP contribution in [0, 0.1) is 0 Å². The first kappa shape index (κ1) is 10.6. The molecule has 0 unspecified atom stereocenters. The van der Waals surface area contributed by atoms with E-state index in [1.807, 2.05) is 12.1 Å². The average Bonchev–Trinajstić information content (AvgIpc) is 2.48. The Morgan fingerprint density at radius 2 is 2.27 bits per heavy atom. The number of aliphatic hydroxyl groups is 1. The molecule has 2 rings (SSSR count). The lowest BCUT2D eigenvalue weighted by Gasteiger charge is -2.21. The van der Waals surface area contributed by atoms with Crippen molar-refractivity contribution in [1.82, 2.24) is 4.90 Å². The summed E-state index contributed by atoms with van der Waals surface area (Å²) in [5, 5.41) is 10.3. The SMILES string of the molecule is CN1CC[C@@](O)(c2cccc(Br)c2)C1=O. The van der Waals surface area contributed by atoms with E-state index < -0.39 is 5.60 Å². The van der Waals surface area contributed by atoms with Crippen LogP contribution in [0.25, 0.3) is 0 Å². The third-order valence-corrected chi connectivity index (χ3v) is 3.30. The summed E-state index contributed by atoms with van der Waals surface area (Å²) in [5.41, 5.74) is -0.676. The first-order chi connectivity index (χ1) is 7.04. The van der Waals surface area contributed by atoms with Crippen LogP contribution in [0.3, 0.4) is 0 Å². The summed E-state index contributed by atoms with van der Waals surface area (Å²) in [6.45, 7) is 0.599. The van der Waals surface area contributed by atoms with Gasteiger partial charge in [0.05, 0.1) is 0 Å². The molecule has 1 atom stereocenters. The number of carbonyl (C=O) groups excluding carboxylic acids is 1. The van der Waals surface area contributed by atoms with Gasteiger partial charge in [-0.05, 0) is 17.7 Å². The second kappa shape index (κ2) is 3.61. The molecule has 1 amide bonds. The van der Waals surface area contributed by atoms with E-state index in [0.29, 0.717) is 18.5 Å². The average molecular weight is 270 g/mol. The largest absolute Gasteiger partial charge is 0.375 e. The van der Waals surface area contributed by atoms with Crippen LogP contribution in [0.2, 0.25) is 0 Å². The van der Waals surface area contributed by atoms with Crippen LogP contribution in [0.1, 0.15) is 12.0 Å². The number of hydrogen-bond acceptors (Lipinski definition) is 2. The summed E-state index contributed by atoms with van der Waals surface area (Å²) in [6.07, 6.45) is 0.457. The molecule has 1 N–H and O–H groups in total. The summed E-state index contributed by atoms with van der Waals surface area (Å²) >= 11 is 3.33. The van der Waals surface area contributed by atoms with E-state index in [2.05, 4.69) is 15.9 Å². The van der Waals surface area contributed by atoms with Gasteiger partial charge in [0.15, 0.2) is 5.60 Å². The lowest BCUT2D eigenvalue weighted by Crippen LogP contribution is -2.36. The van der Waals surface area contributed by atoms with Crippen molar-refractivity contribution in [2.24, 2.45) is 0 Å². The molecule has 80 valence electrons. The fraction of sp³-hybridized carbons (Fsp3) is 0.364. The third kappa shape index (κ3) is 1.68. The lowest BCUT2D eigenvalue weighted by atomic mass is 9.92. The minimum Gasteiger partial charge on any atom is -0.375 e. The summed E-state index contributed by atoms with van der Waals surface area (Å²) in [6, 6.07) is 7.26. The molecule has 15 heavy (non-hydrogen) atoms. The van der Waals surface area contributed by atoms with Gasteiger partial charge in [-0.2, -0.15) is 0 Å². The minimum absolute atomic E-state index is 0.222. The highest BCUT2D eigenvalue weighted by Crippen LogP contribution is 2.33. The maximum atomic E-state index is 11.8. The van der Waals surface area contributed by atoms with E-state index >= 15 is 0 Å². The van der Waals surface area contributed by atoms with Crippen LogP contribution < -0.4 is 0 Å². The Balaban J connectivity index is 2.42. The van der Waals surface area contributed by atoms with Gasteiger partial charge in [0, 0.05) is 24.5 Å². The van der Waals surface area contributed by atoms with E-state index in [1.165, 1.54) is 0 Å². The zero-order chi connectivity index (χ0) is 11.1. The molecule has 0 bridgehead atoms. The number of rotatable bonds is 1. The number of amides is 1. The maximum Gasteiger partial charge on any atom is 0.258 e. The number of nitrogens with zero attached hydrogens (tertiary/aromatic N) is 1. The van der Waals surface area contributed by atoms with Crippen molar-refractivity contribution in [2.45, 2.75) is 12.0 Å². The van der Waals surface area contributed by atoms with Crippen molar-refractivity contribution in [2.75, 3.05) is 13.6 Å². The fourth-order valence-electron chi connectivity index (χ4n) is 1.87. The smallest absolute Gasteiger partial charge is 0.258 e. The topological polar surface area (TPSA) is 40.5 Å². The highest BCUT2D eigenvalue weighted by atomic mass is 79.9. The van der Waals surface area contributed by atoms with E-state index in [4.69, 9.17) is 0 Å². The summed E-state index contributed by atoms with van der Waals surface area (Å²) in [5.74, 6) is -0.222. The Hall–Kier alpha value is -0.870. The first-order valence-corrected chi connectivity index (χ1v) is 5.57. The second-order valence-electron chi connectivity index (χ2n) is 3.85. The zero-order valence-corrected chi connectivity index (χ0v) is 9.99. The van der Waals surface area contributed by atoms with Gasteiger partial charge in [0.25, 0.3) is 5.91 Å². The van der Waals surface area contributed by atoms with Gasteiger partial charge in [0.1, 0.15) is 0 Å². The van der Waals surface area contributed by atoms with E-state index in [0.717, 1.165) is 4.47 Å². The third-order valence-electron chi connectivity index (χ3n) is 2.81. The molecule has 1 saturated heterocycles. The van der Waals surface area contributed by atoms with Gasteiger partial charge in [-0.25, -0.2) is 0 Å². The van der Waals surface area contributed by atoms with Crippen LogP contribution in [-0.4, -0.2) is 29.5 Å². The normalized spacial score (nSPS) is 26.1. The van der Waals surface area contributed by atoms with Gasteiger partial charge < -0.3 is 10.0 Å². The van der Waals surface area contributed by atoms with Gasteiger partial charge >= 0.3 is 0 Å². The predicted molar refractivity (Wildman–Crippen MR) is 60.3 cm³/mol. The molecule has 4 heteroatoms. The van der Waals surface area contributed by atoms with Crippen molar-refractivity contribution in [3.05, 3.63) is 34.3 Å². The van der Waals surface area contributed by atoms with Gasteiger partial charge in [-0.1, -0.05) is 28.1 Å². The highest BCUT2D eigenvalue weighted by Gasteiger charge is 2.45. The van der Waals surface area contributed by atoms with E-state index in [1.54, 1.807) is 24.1 Å². The van der Waals surface area contributed by atoms with Gasteiger partial charge in [-0.3, -0.25) is 4.79 Å². The Kier molecular flexibility index (Phi) is 2.56. The minimum atomic E-state index is -1.33. The van der Waals surface area contributed by atoms with Crippen molar-refractivity contribution in [3.8, 4) is 0 Å². The molecule has 1 aromatic rings. The molecule has 1 aliphatic heterocycles. The monoisotopic (exact) mass is 269 g/mol. The fourth-order valence-corrected chi connectivity index (χ4v) is 2.27. The molecule has 0 spiro atoms. The van der Waals surface area contributed by atoms with E-state index in [-0.39, 0.29) is 5.91 Å². The van der Waals surface area contributed by atoms with Crippen LogP contribution >= 0.6 is 15.9 Å². The lowest BCUT2D eigenvalue weighted by molar-refractivity contribution is -0.143. The molecule has 0 aromatic heterocycles. The van der Waals surface area contributed by atoms with Crippen molar-refractivity contribution in [3.63, 3.8) is 0 Å². The van der Waals surface area contributed by atoms with Gasteiger partial charge in [-0.15, -0.1) is 0 Å². The molecule has 1 aromatic carbocycles. The van der Waals surface area contributed by atoms with Gasteiger partial charge in [0.2, 0.25) is 0 Å². The molecule has 0 radical (unpaired) electrons. The standard InChI is InChI=1S/C11H12BrNO2/c1-13-6-5-11(15,10(13)14)8-3-2-4-9(12)7-8/h2-4,7,15H,5-6H2,1H3/t11-/m1/s1. The highest BCUT2D eigenvalue weighted by molar-refractivity contribution is 9.10. The maximum absolute atomic E-state index is 11.8. The first-order valence-electron chi connectivity index (χ1n) is 4.78. The molecule has 3 nitrogen and oxygen atoms in total. The molecule has 1 aliphatic rings. The van der Waals surface area contributed by atoms with Crippen LogP contribution in [0.5, 0.6) is 0 Å². The van der Waals surface area contributed by atoms with E-state index in [9.17, 15) is 9.90 Å². The molecule has 0 aliphatic carbocycles. The number of carbonyl (C=O) groups is 1. The molecule has 0 saturated carbocycles. The van der Waals surface area contributed by atoms with Crippen LogP contribution in [0.15, 0.2) is 28.7 Å². The number of halogens is 1. The Bertz CT molecular complexity index is 407. The van der Waals surface area contributed by atoms with Crippen LogP contribution in [0.4, 0.5) is 0 Å². The zero-order valence-electron chi connectivity index (χ0n) is 8.40. The number of likely N-dealkylation sites (N-methyl/N-ethyl adjacent to an activating group) is 1. The predicted octanol–water partition coefficient (Wildman–Crippen LogP) is 1.50. The van der Waals surface area contributed by atoms with Crippen molar-refractivity contribution >= 4 is 21.8 Å². The van der Waals surface area contributed by atoms with Crippen LogP contribution in [-0.2, 0) is 10.4 Å². The Morgan fingerprint density at radius 1 is 1.53 bits per heavy atom. The summed E-state index contributed by atoms with van der Waals surface area (Å²) < 4.78 is 0.871. The number of likely N-dealkylation sites (tertiary alicyclic amines) is 1. The molecule has 1 fully saturated rings. The molecule has 1 heterocycles. The second-order valence-corrected chi connectivity index (χ2v) is 4.76. The summed E-state index contributed by atoms with van der Waals surface area (Å²) in [4.78, 5) is 13.4. The van der Waals surface area contributed by atoms with Crippen molar-refractivity contribution < 1.29 is 9.90 Å². The number of benzene rings is 1. The quantitative estimate of drug-likeness (QED) is 0.840. The number of hydrogen-bond donors (Lipinski definition) is 1. The van der Waals surface area contributed by atoms with Crippen molar-refractivity contribution in [1.29, 1.82) is 0 Å². The summed E-state index contributed by atoms with van der Waals surface area (Å²) in [7, 11) is 1.71. The Labute approximate surface area is 96.8 Å². The molecular weight excluding hydrogens is 258 g/mol.